The maximum Gasteiger partial charge on any atom is 0.349 e. The summed E-state index contributed by atoms with van der Waals surface area (Å²) in [6.45, 7) is 2.44. The molecule has 0 saturated heterocycles. The van der Waals surface area contributed by atoms with Gasteiger partial charge in [0.15, 0.2) is 11.5 Å². The van der Waals surface area contributed by atoms with Crippen molar-refractivity contribution < 1.29 is 9.47 Å². The fourth-order valence-corrected chi connectivity index (χ4v) is 3.96. The van der Waals surface area contributed by atoms with Crippen molar-refractivity contribution in [3.05, 3.63) is 102 Å². The number of halogens is 1. The maximum absolute atomic E-state index is 12.6. The van der Waals surface area contributed by atoms with Crippen molar-refractivity contribution in [1.82, 2.24) is 9.66 Å². The number of fused-ring (bicyclic) bond motifs is 1. The Labute approximate surface area is 197 Å². The van der Waals surface area contributed by atoms with Crippen LogP contribution in [0.15, 0.2) is 75.4 Å². The summed E-state index contributed by atoms with van der Waals surface area (Å²) >= 11 is 2.16. The lowest BCUT2D eigenvalue weighted by atomic mass is 10.2. The largest absolute Gasteiger partial charge is 0.493 e. The van der Waals surface area contributed by atoms with Crippen molar-refractivity contribution in [1.29, 1.82) is 0 Å². The predicted molar refractivity (Wildman–Crippen MR) is 133 cm³/mol. The molecule has 0 fully saturated rings. The first-order valence-corrected chi connectivity index (χ1v) is 10.9. The molecule has 0 aliphatic carbocycles. The number of aryl methyl sites for hydroxylation is 1. The number of para-hydroxylation sites is 1. The molecule has 8 heteroatoms. The van der Waals surface area contributed by atoms with Gasteiger partial charge in [0.05, 0.1) is 27.8 Å². The van der Waals surface area contributed by atoms with Crippen molar-refractivity contribution in [2.24, 2.45) is 5.10 Å². The Balaban J connectivity index is 1.62. The molecule has 0 radical (unpaired) electrons. The van der Waals surface area contributed by atoms with Gasteiger partial charge in [-0.3, -0.25) is 4.79 Å². The Kier molecular flexibility index (Phi) is 6.40. The number of methoxy groups -OCH3 is 1. The van der Waals surface area contributed by atoms with Crippen LogP contribution in [0.4, 0.5) is 0 Å². The Morgan fingerprint density at radius 3 is 2.59 bits per heavy atom. The monoisotopic (exact) mass is 541 g/mol. The van der Waals surface area contributed by atoms with Crippen LogP contribution in [0.3, 0.4) is 0 Å². The number of aromatic amines is 1. The summed E-state index contributed by atoms with van der Waals surface area (Å²) in [5, 5.41) is 4.49. The van der Waals surface area contributed by atoms with E-state index in [-0.39, 0.29) is 0 Å². The number of hydrogen-bond donors (Lipinski definition) is 1. The highest BCUT2D eigenvalue weighted by Gasteiger charge is 2.12. The van der Waals surface area contributed by atoms with Gasteiger partial charge in [-0.15, -0.1) is 4.68 Å². The average Bonchev–Trinajstić information content (AvgIpc) is 2.79. The number of ether oxygens (including phenoxy) is 2. The number of nitrogens with one attached hydrogen (secondary N) is 1. The predicted octanol–water partition coefficient (Wildman–Crippen LogP) is 4.07. The van der Waals surface area contributed by atoms with E-state index in [9.17, 15) is 9.59 Å². The molecule has 32 heavy (non-hydrogen) atoms. The number of aromatic nitrogens is 2. The van der Waals surface area contributed by atoms with Crippen LogP contribution in [0, 0.1) is 10.5 Å². The summed E-state index contributed by atoms with van der Waals surface area (Å²) in [5.74, 6) is 1.15. The van der Waals surface area contributed by atoms with Gasteiger partial charge in [0.1, 0.15) is 6.61 Å². The second kappa shape index (κ2) is 9.39. The Hall–Kier alpha value is -3.40. The fraction of sp³-hybridized carbons (Fsp3) is 0.125. The number of hydrogen-bond acceptors (Lipinski definition) is 5. The zero-order valence-corrected chi connectivity index (χ0v) is 19.6. The van der Waals surface area contributed by atoms with Crippen LogP contribution < -0.4 is 20.7 Å². The molecule has 1 aromatic heterocycles. The zero-order valence-electron chi connectivity index (χ0n) is 17.5. The molecule has 4 aromatic rings. The van der Waals surface area contributed by atoms with Crippen LogP contribution in [0.2, 0.25) is 0 Å². The Morgan fingerprint density at radius 1 is 1.09 bits per heavy atom. The van der Waals surface area contributed by atoms with Gasteiger partial charge < -0.3 is 14.5 Å². The van der Waals surface area contributed by atoms with Crippen LogP contribution in [-0.4, -0.2) is 23.0 Å². The third-order valence-corrected chi connectivity index (χ3v) is 5.66. The lowest BCUT2D eigenvalue weighted by Crippen LogP contribution is -2.32. The third-order valence-electron chi connectivity index (χ3n) is 4.86. The smallest absolute Gasteiger partial charge is 0.349 e. The lowest BCUT2D eigenvalue weighted by molar-refractivity contribution is 0.282. The van der Waals surface area contributed by atoms with E-state index in [2.05, 4.69) is 32.7 Å². The van der Waals surface area contributed by atoms with Gasteiger partial charge in [0, 0.05) is 0 Å². The number of rotatable bonds is 6. The molecular formula is C24H20IN3O4. The molecule has 0 bridgehead atoms. The molecule has 0 amide bonds. The molecule has 4 rings (SSSR count). The topological polar surface area (TPSA) is 85.7 Å². The summed E-state index contributed by atoms with van der Waals surface area (Å²) in [5.41, 5.74) is 2.28. The van der Waals surface area contributed by atoms with Crippen molar-refractivity contribution in [2.75, 3.05) is 7.11 Å². The lowest BCUT2D eigenvalue weighted by Gasteiger charge is -2.13. The molecule has 0 aliphatic rings. The molecule has 3 aromatic carbocycles. The standard InChI is InChI=1S/C24H20IN3O4/c1-15-7-9-16(10-8-15)14-32-22-19(25)11-17(12-21(22)31-2)13-26-28-23(29)18-5-3-4-6-20(18)27-24(28)30/h3-13H,14H2,1-2H3,(H,27,30). The summed E-state index contributed by atoms with van der Waals surface area (Å²) in [4.78, 5) is 27.6. The Morgan fingerprint density at radius 2 is 1.84 bits per heavy atom. The van der Waals surface area contributed by atoms with E-state index in [0.29, 0.717) is 34.6 Å². The minimum atomic E-state index is -0.607. The number of benzene rings is 3. The molecule has 0 saturated carbocycles. The van der Waals surface area contributed by atoms with Gasteiger partial charge >= 0.3 is 5.69 Å². The molecule has 0 spiro atoms. The maximum atomic E-state index is 12.6. The normalized spacial score (nSPS) is 11.2. The number of H-pyrrole nitrogens is 1. The molecule has 1 heterocycles. The molecule has 0 aliphatic heterocycles. The SMILES string of the molecule is COc1cc(C=Nn2c(=O)[nH]c3ccccc3c2=O)cc(I)c1OCc1ccc(C)cc1. The van der Waals surface area contributed by atoms with E-state index < -0.39 is 11.2 Å². The van der Waals surface area contributed by atoms with E-state index in [0.717, 1.165) is 13.8 Å². The first kappa shape index (κ1) is 21.8. The second-order valence-electron chi connectivity index (χ2n) is 7.15. The Bertz CT molecular complexity index is 1420. The van der Waals surface area contributed by atoms with Crippen molar-refractivity contribution in [3.8, 4) is 11.5 Å². The van der Waals surface area contributed by atoms with E-state index >= 15 is 0 Å². The molecule has 1 N–H and O–H groups in total. The highest BCUT2D eigenvalue weighted by Crippen LogP contribution is 2.34. The van der Waals surface area contributed by atoms with Crippen LogP contribution in [0.5, 0.6) is 11.5 Å². The molecule has 0 atom stereocenters. The fourth-order valence-electron chi connectivity index (χ4n) is 3.18. The van der Waals surface area contributed by atoms with Gasteiger partial charge in [-0.25, -0.2) is 4.79 Å². The first-order chi connectivity index (χ1) is 15.5. The van der Waals surface area contributed by atoms with Crippen LogP contribution >= 0.6 is 22.6 Å². The summed E-state index contributed by atoms with van der Waals surface area (Å²) in [6.07, 6.45) is 1.44. The molecule has 7 nitrogen and oxygen atoms in total. The highest BCUT2D eigenvalue weighted by molar-refractivity contribution is 14.1. The van der Waals surface area contributed by atoms with Gasteiger partial charge in [-0.05, 0) is 64.9 Å². The summed E-state index contributed by atoms with van der Waals surface area (Å²) in [6, 6.07) is 18.5. The third kappa shape index (κ3) is 4.59. The van der Waals surface area contributed by atoms with Crippen molar-refractivity contribution in [2.45, 2.75) is 13.5 Å². The van der Waals surface area contributed by atoms with Crippen LogP contribution in [-0.2, 0) is 6.61 Å². The van der Waals surface area contributed by atoms with E-state index in [4.69, 9.17) is 9.47 Å². The average molecular weight is 541 g/mol. The van der Waals surface area contributed by atoms with E-state index in [1.807, 2.05) is 37.3 Å². The molecular weight excluding hydrogens is 521 g/mol. The van der Waals surface area contributed by atoms with Gasteiger partial charge in [0.2, 0.25) is 0 Å². The van der Waals surface area contributed by atoms with Crippen molar-refractivity contribution >= 4 is 39.7 Å². The highest BCUT2D eigenvalue weighted by atomic mass is 127. The van der Waals surface area contributed by atoms with Gasteiger partial charge in [-0.2, -0.15) is 5.10 Å². The van der Waals surface area contributed by atoms with Crippen LogP contribution in [0.1, 0.15) is 16.7 Å². The minimum Gasteiger partial charge on any atom is -0.493 e. The number of nitrogens with zero attached hydrogens (tertiary/aromatic N) is 2. The molecule has 0 unspecified atom stereocenters. The van der Waals surface area contributed by atoms with Crippen LogP contribution in [0.25, 0.3) is 10.9 Å². The second-order valence-corrected chi connectivity index (χ2v) is 8.31. The first-order valence-electron chi connectivity index (χ1n) is 9.80. The molecule has 162 valence electrons. The summed E-state index contributed by atoms with van der Waals surface area (Å²) in [7, 11) is 1.56. The summed E-state index contributed by atoms with van der Waals surface area (Å²) < 4.78 is 13.1. The van der Waals surface area contributed by atoms with Gasteiger partial charge in [0.25, 0.3) is 5.56 Å². The minimum absolute atomic E-state index is 0.385. The van der Waals surface area contributed by atoms with E-state index in [1.54, 1.807) is 37.4 Å². The zero-order chi connectivity index (χ0) is 22.7. The quantitative estimate of drug-likeness (QED) is 0.295. The van der Waals surface area contributed by atoms with E-state index in [1.165, 1.54) is 11.8 Å². The van der Waals surface area contributed by atoms with Gasteiger partial charge in [-0.1, -0.05) is 42.0 Å². The van der Waals surface area contributed by atoms with Crippen molar-refractivity contribution in [3.63, 3.8) is 0 Å².